The second kappa shape index (κ2) is 12.7. The van der Waals surface area contributed by atoms with Crippen molar-refractivity contribution in [1.29, 1.82) is 0 Å². The maximum absolute atomic E-state index is 12.4. The summed E-state index contributed by atoms with van der Waals surface area (Å²) in [7, 11) is 0. The fraction of sp³-hybridized carbons (Fsp3) is 0.609. The van der Waals surface area contributed by atoms with Crippen LogP contribution in [0.5, 0.6) is 0 Å². The monoisotopic (exact) mass is 372 g/mol. The largest absolute Gasteiger partial charge is 0.387 e. The highest BCUT2D eigenvalue weighted by Crippen LogP contribution is 2.12. The molecule has 2 N–H and O–H groups in total. The molecule has 2 rings (SSSR count). The van der Waals surface area contributed by atoms with E-state index < -0.39 is 6.10 Å². The topological polar surface area (TPSA) is 52.6 Å². The van der Waals surface area contributed by atoms with Crippen LogP contribution in [-0.2, 0) is 4.79 Å². The molecule has 4 heteroatoms. The average Bonchev–Trinajstić information content (AvgIpc) is 3.19. The Bertz CT molecular complexity index is 553. The standard InChI is InChI=1S/C23H36N2O2/c1-2-3-4-5-9-14-23(27)24-21(19-25-17-10-11-18-25)22(26)16-15-20-12-7-6-8-13-20/h6-8,12-13,15-16,21-22,26H,2-5,9-11,14,17-19H2,1H3,(H,24,27). The molecule has 1 heterocycles. The van der Waals surface area contributed by atoms with Crippen LogP contribution >= 0.6 is 0 Å². The van der Waals surface area contributed by atoms with Gasteiger partial charge in [0.1, 0.15) is 0 Å². The van der Waals surface area contributed by atoms with E-state index in [9.17, 15) is 9.90 Å². The van der Waals surface area contributed by atoms with Gasteiger partial charge < -0.3 is 15.3 Å². The van der Waals surface area contributed by atoms with Gasteiger partial charge in [0.2, 0.25) is 5.91 Å². The average molecular weight is 373 g/mol. The summed E-state index contributed by atoms with van der Waals surface area (Å²) in [5.41, 5.74) is 1.05. The molecule has 150 valence electrons. The van der Waals surface area contributed by atoms with E-state index in [-0.39, 0.29) is 11.9 Å². The molecule has 0 aromatic heterocycles. The lowest BCUT2D eigenvalue weighted by molar-refractivity contribution is -0.122. The molecule has 2 unspecified atom stereocenters. The minimum Gasteiger partial charge on any atom is -0.387 e. The number of aliphatic hydroxyl groups excluding tert-OH is 1. The predicted octanol–water partition coefficient (Wildman–Crippen LogP) is 4.00. The van der Waals surface area contributed by atoms with Gasteiger partial charge in [-0.25, -0.2) is 0 Å². The van der Waals surface area contributed by atoms with Crippen molar-refractivity contribution in [1.82, 2.24) is 10.2 Å². The Hall–Kier alpha value is -1.65. The maximum Gasteiger partial charge on any atom is 0.220 e. The molecular weight excluding hydrogens is 336 g/mol. The first-order chi connectivity index (χ1) is 13.2. The molecule has 0 aliphatic carbocycles. The summed E-state index contributed by atoms with van der Waals surface area (Å²) in [5, 5.41) is 13.8. The molecule has 0 radical (unpaired) electrons. The summed E-state index contributed by atoms with van der Waals surface area (Å²) in [6.07, 6.45) is 11.7. The van der Waals surface area contributed by atoms with Gasteiger partial charge in [-0.1, -0.05) is 75.1 Å². The summed E-state index contributed by atoms with van der Waals surface area (Å²) >= 11 is 0. The number of carbonyl (C=O) groups is 1. The Balaban J connectivity index is 1.87. The van der Waals surface area contributed by atoms with E-state index in [0.717, 1.165) is 31.5 Å². The molecule has 0 saturated carbocycles. The van der Waals surface area contributed by atoms with Crippen molar-refractivity contribution in [3.63, 3.8) is 0 Å². The molecule has 2 atom stereocenters. The van der Waals surface area contributed by atoms with E-state index in [0.29, 0.717) is 13.0 Å². The van der Waals surface area contributed by atoms with E-state index >= 15 is 0 Å². The highest BCUT2D eigenvalue weighted by molar-refractivity contribution is 5.76. The van der Waals surface area contributed by atoms with Crippen molar-refractivity contribution in [2.75, 3.05) is 19.6 Å². The molecule has 1 aliphatic rings. The lowest BCUT2D eigenvalue weighted by atomic mass is 10.1. The number of rotatable bonds is 12. The van der Waals surface area contributed by atoms with E-state index in [4.69, 9.17) is 0 Å². The van der Waals surface area contributed by atoms with Crippen LogP contribution in [0.1, 0.15) is 63.9 Å². The van der Waals surface area contributed by atoms with Gasteiger partial charge in [-0.2, -0.15) is 0 Å². The molecule has 1 aromatic carbocycles. The van der Waals surface area contributed by atoms with Crippen molar-refractivity contribution in [2.45, 2.75) is 70.4 Å². The van der Waals surface area contributed by atoms with Crippen LogP contribution < -0.4 is 5.32 Å². The van der Waals surface area contributed by atoms with Crippen LogP contribution in [0.2, 0.25) is 0 Å². The minimum absolute atomic E-state index is 0.0582. The third-order valence-electron chi connectivity index (χ3n) is 5.21. The molecule has 1 amide bonds. The number of hydrogen-bond acceptors (Lipinski definition) is 3. The van der Waals surface area contributed by atoms with Crippen molar-refractivity contribution in [2.24, 2.45) is 0 Å². The van der Waals surface area contributed by atoms with Gasteiger partial charge in [-0.15, -0.1) is 0 Å². The lowest BCUT2D eigenvalue weighted by Gasteiger charge is -2.27. The predicted molar refractivity (Wildman–Crippen MR) is 112 cm³/mol. The first kappa shape index (κ1) is 21.6. The number of hydrogen-bond donors (Lipinski definition) is 2. The fourth-order valence-electron chi connectivity index (χ4n) is 3.56. The summed E-state index contributed by atoms with van der Waals surface area (Å²) in [5.74, 6) is 0.0582. The van der Waals surface area contributed by atoms with Crippen molar-refractivity contribution < 1.29 is 9.90 Å². The number of nitrogens with one attached hydrogen (secondary N) is 1. The van der Waals surface area contributed by atoms with Gasteiger partial charge in [0.25, 0.3) is 0 Å². The minimum atomic E-state index is -0.685. The van der Waals surface area contributed by atoms with E-state index in [1.165, 1.54) is 32.1 Å². The van der Waals surface area contributed by atoms with Crippen LogP contribution in [0.15, 0.2) is 36.4 Å². The van der Waals surface area contributed by atoms with Crippen LogP contribution in [0, 0.1) is 0 Å². The first-order valence-electron chi connectivity index (χ1n) is 10.6. The zero-order valence-corrected chi connectivity index (χ0v) is 16.8. The summed E-state index contributed by atoms with van der Waals surface area (Å²) in [6, 6.07) is 9.69. The van der Waals surface area contributed by atoms with Gasteiger partial charge in [0, 0.05) is 13.0 Å². The Morgan fingerprint density at radius 1 is 1.15 bits per heavy atom. The zero-order chi connectivity index (χ0) is 19.3. The number of unbranched alkanes of at least 4 members (excludes halogenated alkanes) is 4. The molecule has 1 aromatic rings. The molecule has 1 fully saturated rings. The number of carbonyl (C=O) groups excluding carboxylic acids is 1. The molecule has 1 aliphatic heterocycles. The van der Waals surface area contributed by atoms with Gasteiger partial charge >= 0.3 is 0 Å². The molecule has 0 spiro atoms. The van der Waals surface area contributed by atoms with Gasteiger partial charge in [0.15, 0.2) is 0 Å². The van der Waals surface area contributed by atoms with Crippen LogP contribution in [-0.4, -0.2) is 47.7 Å². The summed E-state index contributed by atoms with van der Waals surface area (Å²) in [6.45, 7) is 5.01. The Morgan fingerprint density at radius 3 is 2.56 bits per heavy atom. The first-order valence-corrected chi connectivity index (χ1v) is 10.6. The molecule has 27 heavy (non-hydrogen) atoms. The van der Waals surface area contributed by atoms with Crippen molar-refractivity contribution >= 4 is 12.0 Å². The van der Waals surface area contributed by atoms with Gasteiger partial charge in [-0.3, -0.25) is 4.79 Å². The normalized spacial score (nSPS) is 17.3. The number of amides is 1. The van der Waals surface area contributed by atoms with Crippen molar-refractivity contribution in [3.05, 3.63) is 42.0 Å². The number of nitrogens with zero attached hydrogens (tertiary/aromatic N) is 1. The van der Waals surface area contributed by atoms with E-state index in [1.54, 1.807) is 6.08 Å². The third-order valence-corrected chi connectivity index (χ3v) is 5.21. The second-order valence-electron chi connectivity index (χ2n) is 7.61. The Kier molecular flexibility index (Phi) is 10.2. The molecule has 4 nitrogen and oxygen atoms in total. The van der Waals surface area contributed by atoms with Gasteiger partial charge in [-0.05, 0) is 37.9 Å². The van der Waals surface area contributed by atoms with E-state index in [1.807, 2.05) is 36.4 Å². The number of benzene rings is 1. The SMILES string of the molecule is CCCCCCCC(=O)NC(CN1CCCC1)C(O)C=Cc1ccccc1. The zero-order valence-electron chi connectivity index (χ0n) is 16.8. The highest BCUT2D eigenvalue weighted by atomic mass is 16.3. The molecule has 0 bridgehead atoms. The van der Waals surface area contributed by atoms with Crippen molar-refractivity contribution in [3.8, 4) is 0 Å². The van der Waals surface area contributed by atoms with Crippen LogP contribution in [0.3, 0.4) is 0 Å². The molecular formula is C23H36N2O2. The Labute approximate surface area is 164 Å². The highest BCUT2D eigenvalue weighted by Gasteiger charge is 2.23. The second-order valence-corrected chi connectivity index (χ2v) is 7.61. The molecule has 1 saturated heterocycles. The number of likely N-dealkylation sites (tertiary alicyclic amines) is 1. The lowest BCUT2D eigenvalue weighted by Crippen LogP contribution is -2.49. The number of aliphatic hydroxyl groups is 1. The van der Waals surface area contributed by atoms with Crippen LogP contribution in [0.25, 0.3) is 6.08 Å². The fourth-order valence-corrected chi connectivity index (χ4v) is 3.56. The smallest absolute Gasteiger partial charge is 0.220 e. The maximum atomic E-state index is 12.4. The Morgan fingerprint density at radius 2 is 1.85 bits per heavy atom. The van der Waals surface area contributed by atoms with Gasteiger partial charge in [0.05, 0.1) is 12.1 Å². The third kappa shape index (κ3) is 8.72. The summed E-state index contributed by atoms with van der Waals surface area (Å²) < 4.78 is 0. The van der Waals surface area contributed by atoms with E-state index in [2.05, 4.69) is 17.1 Å². The van der Waals surface area contributed by atoms with Crippen LogP contribution in [0.4, 0.5) is 0 Å². The summed E-state index contributed by atoms with van der Waals surface area (Å²) in [4.78, 5) is 14.7. The quantitative estimate of drug-likeness (QED) is 0.545.